The predicted octanol–water partition coefficient (Wildman–Crippen LogP) is 5.26. The van der Waals surface area contributed by atoms with Crippen molar-refractivity contribution in [2.24, 2.45) is 5.92 Å². The molecule has 0 heterocycles. The molecule has 0 saturated heterocycles. The molecule has 2 amide bonds. The summed E-state index contributed by atoms with van der Waals surface area (Å²) >= 11 is 24.7. The minimum absolute atomic E-state index is 0.105. The van der Waals surface area contributed by atoms with Crippen LogP contribution in [-0.2, 0) is 26.2 Å². The number of sulfonamides is 1. The Morgan fingerprint density at radius 3 is 2.06 bits per heavy atom. The topological polar surface area (TPSA) is 86.8 Å². The highest BCUT2D eigenvalue weighted by molar-refractivity contribution is 7.92. The van der Waals surface area contributed by atoms with Crippen molar-refractivity contribution in [3.63, 3.8) is 0 Å². The number of benzene rings is 2. The zero-order valence-electron chi connectivity index (χ0n) is 19.7. The number of halogens is 4. The van der Waals surface area contributed by atoms with Crippen LogP contribution in [0.1, 0.15) is 26.3 Å². The number of hydrogen-bond acceptors (Lipinski definition) is 4. The monoisotopic (exact) mass is 581 g/mol. The third-order valence-electron chi connectivity index (χ3n) is 5.11. The Balaban J connectivity index is 2.45. The fourth-order valence-corrected chi connectivity index (χ4v) is 4.79. The zero-order chi connectivity index (χ0) is 26.5. The maximum absolute atomic E-state index is 13.5. The Bertz CT molecular complexity index is 1170. The first-order valence-corrected chi connectivity index (χ1v) is 14.0. The van der Waals surface area contributed by atoms with Gasteiger partial charge in [-0.25, -0.2) is 8.42 Å². The lowest BCUT2D eigenvalue weighted by Gasteiger charge is -2.32. The van der Waals surface area contributed by atoms with Crippen LogP contribution in [0, 0.1) is 5.92 Å². The molecule has 2 aromatic carbocycles. The lowest BCUT2D eigenvalue weighted by molar-refractivity contribution is -0.139. The second-order valence-corrected chi connectivity index (χ2v) is 11.9. The molecular formula is C23H27Cl4N3O4S. The molecule has 7 nitrogen and oxygen atoms in total. The van der Waals surface area contributed by atoms with E-state index in [1.54, 1.807) is 25.1 Å². The van der Waals surface area contributed by atoms with Crippen molar-refractivity contribution in [1.29, 1.82) is 0 Å². The van der Waals surface area contributed by atoms with Gasteiger partial charge in [0.15, 0.2) is 0 Å². The van der Waals surface area contributed by atoms with E-state index < -0.39 is 34.4 Å². The maximum Gasteiger partial charge on any atom is 0.244 e. The van der Waals surface area contributed by atoms with Gasteiger partial charge in [0.1, 0.15) is 12.6 Å². The molecular weight excluding hydrogens is 556 g/mol. The molecule has 2 rings (SSSR count). The van der Waals surface area contributed by atoms with E-state index in [4.69, 9.17) is 46.4 Å². The van der Waals surface area contributed by atoms with Gasteiger partial charge in [-0.3, -0.25) is 13.9 Å². The molecule has 0 saturated carbocycles. The van der Waals surface area contributed by atoms with Crippen molar-refractivity contribution < 1.29 is 18.0 Å². The zero-order valence-corrected chi connectivity index (χ0v) is 23.5. The molecule has 0 unspecified atom stereocenters. The Kier molecular flexibility index (Phi) is 10.5. The summed E-state index contributed by atoms with van der Waals surface area (Å²) in [6.07, 6.45) is 0.969. The lowest BCUT2D eigenvalue weighted by Crippen LogP contribution is -2.51. The van der Waals surface area contributed by atoms with Gasteiger partial charge < -0.3 is 10.2 Å². The van der Waals surface area contributed by atoms with Crippen molar-refractivity contribution in [2.45, 2.75) is 33.4 Å². The average molecular weight is 583 g/mol. The Hall–Kier alpha value is -1.71. The smallest absolute Gasteiger partial charge is 0.244 e. The molecule has 0 aliphatic heterocycles. The van der Waals surface area contributed by atoms with Gasteiger partial charge >= 0.3 is 0 Å². The number of carbonyl (C=O) groups is 2. The van der Waals surface area contributed by atoms with E-state index in [9.17, 15) is 18.0 Å². The third kappa shape index (κ3) is 8.15. The highest BCUT2D eigenvalue weighted by atomic mass is 35.5. The summed E-state index contributed by atoms with van der Waals surface area (Å²) in [6.45, 7) is 5.17. The van der Waals surface area contributed by atoms with E-state index in [2.05, 4.69) is 5.32 Å². The summed E-state index contributed by atoms with van der Waals surface area (Å²) < 4.78 is 26.1. The fourth-order valence-electron chi connectivity index (χ4n) is 3.14. The van der Waals surface area contributed by atoms with Gasteiger partial charge in [-0.1, -0.05) is 66.3 Å². The second kappa shape index (κ2) is 12.5. The molecule has 1 atom stereocenters. The van der Waals surface area contributed by atoms with Crippen LogP contribution in [0.15, 0.2) is 36.4 Å². The van der Waals surface area contributed by atoms with Crippen LogP contribution in [0.3, 0.4) is 0 Å². The fraction of sp³-hybridized carbons (Fsp3) is 0.391. The molecule has 192 valence electrons. The van der Waals surface area contributed by atoms with E-state index in [0.29, 0.717) is 22.2 Å². The summed E-state index contributed by atoms with van der Waals surface area (Å²) in [6, 6.07) is 8.19. The molecule has 0 aliphatic rings. The maximum atomic E-state index is 13.5. The molecule has 0 spiro atoms. The first kappa shape index (κ1) is 29.5. The van der Waals surface area contributed by atoms with Crippen LogP contribution in [0.2, 0.25) is 20.1 Å². The van der Waals surface area contributed by atoms with Gasteiger partial charge in [-0.15, -0.1) is 0 Å². The van der Waals surface area contributed by atoms with Crippen LogP contribution in [-0.4, -0.2) is 50.5 Å². The number of nitrogens with one attached hydrogen (secondary N) is 1. The summed E-state index contributed by atoms with van der Waals surface area (Å²) in [5.41, 5.74) is 0.594. The second-order valence-electron chi connectivity index (χ2n) is 8.40. The van der Waals surface area contributed by atoms with Gasteiger partial charge in [0, 0.05) is 28.7 Å². The van der Waals surface area contributed by atoms with Gasteiger partial charge in [-0.05, 0) is 43.2 Å². The standard InChI is InChI=1S/C23H27Cl4N3O4S/c1-14(2)11-28-23(32)15(3)29(12-17-18(24)6-5-7-19(17)25)22(31)13-30(35(4,33)34)16-8-9-20(26)21(27)10-16/h5-10,14-15H,11-13H2,1-4H3,(H,28,32)/t15-/m1/s1. The summed E-state index contributed by atoms with van der Waals surface area (Å²) in [4.78, 5) is 27.6. The first-order chi connectivity index (χ1) is 16.2. The molecule has 35 heavy (non-hydrogen) atoms. The van der Waals surface area contributed by atoms with Crippen molar-refractivity contribution in [3.8, 4) is 0 Å². The van der Waals surface area contributed by atoms with Gasteiger partial charge in [0.05, 0.1) is 22.0 Å². The molecule has 0 radical (unpaired) electrons. The van der Waals surface area contributed by atoms with Gasteiger partial charge in [0.25, 0.3) is 0 Å². The van der Waals surface area contributed by atoms with Crippen molar-refractivity contribution in [3.05, 3.63) is 62.1 Å². The number of amides is 2. The van der Waals surface area contributed by atoms with Crippen LogP contribution >= 0.6 is 46.4 Å². The summed E-state index contributed by atoms with van der Waals surface area (Å²) in [5.74, 6) is -0.830. The lowest BCUT2D eigenvalue weighted by atomic mass is 10.1. The number of carbonyl (C=O) groups excluding carboxylic acids is 2. The highest BCUT2D eigenvalue weighted by Crippen LogP contribution is 2.30. The minimum atomic E-state index is -3.90. The SMILES string of the molecule is CC(C)CNC(=O)[C@@H](C)N(Cc1c(Cl)cccc1Cl)C(=O)CN(c1ccc(Cl)c(Cl)c1)S(C)(=O)=O. The van der Waals surface area contributed by atoms with E-state index in [1.165, 1.54) is 23.1 Å². The summed E-state index contributed by atoms with van der Waals surface area (Å²) in [5, 5.41) is 3.79. The molecule has 1 N–H and O–H groups in total. The summed E-state index contributed by atoms with van der Waals surface area (Å²) in [7, 11) is -3.90. The van der Waals surface area contributed by atoms with E-state index in [0.717, 1.165) is 10.6 Å². The Labute approximate surface area is 226 Å². The molecule has 0 aliphatic carbocycles. The number of rotatable bonds is 10. The first-order valence-electron chi connectivity index (χ1n) is 10.6. The third-order valence-corrected chi connectivity index (χ3v) is 7.70. The minimum Gasteiger partial charge on any atom is -0.354 e. The normalized spacial score (nSPS) is 12.4. The Morgan fingerprint density at radius 2 is 1.54 bits per heavy atom. The van der Waals surface area contributed by atoms with E-state index in [1.807, 2.05) is 13.8 Å². The number of nitrogens with zero attached hydrogens (tertiary/aromatic N) is 2. The highest BCUT2D eigenvalue weighted by Gasteiger charge is 2.31. The van der Waals surface area contributed by atoms with Crippen LogP contribution in [0.25, 0.3) is 0 Å². The van der Waals surface area contributed by atoms with E-state index >= 15 is 0 Å². The van der Waals surface area contributed by atoms with Crippen molar-refractivity contribution in [1.82, 2.24) is 10.2 Å². The van der Waals surface area contributed by atoms with Crippen LogP contribution in [0.4, 0.5) is 5.69 Å². The Morgan fingerprint density at radius 1 is 0.943 bits per heavy atom. The largest absolute Gasteiger partial charge is 0.354 e. The van der Waals surface area contributed by atoms with Crippen molar-refractivity contribution in [2.75, 3.05) is 23.7 Å². The quantitative estimate of drug-likeness (QED) is 0.414. The van der Waals surface area contributed by atoms with E-state index in [-0.39, 0.29) is 28.2 Å². The molecule has 0 fully saturated rings. The average Bonchev–Trinajstić information content (AvgIpc) is 2.76. The number of hydrogen-bond donors (Lipinski definition) is 1. The van der Waals surface area contributed by atoms with Crippen LogP contribution in [0.5, 0.6) is 0 Å². The molecule has 12 heteroatoms. The molecule has 0 aromatic heterocycles. The predicted molar refractivity (Wildman–Crippen MR) is 143 cm³/mol. The van der Waals surface area contributed by atoms with Crippen molar-refractivity contribution >= 4 is 73.9 Å². The molecule has 0 bridgehead atoms. The molecule has 2 aromatic rings. The number of anilines is 1. The van der Waals surface area contributed by atoms with Gasteiger partial charge in [-0.2, -0.15) is 0 Å². The van der Waals surface area contributed by atoms with Gasteiger partial charge in [0.2, 0.25) is 21.8 Å². The van der Waals surface area contributed by atoms with Crippen LogP contribution < -0.4 is 9.62 Å².